The van der Waals surface area contributed by atoms with E-state index in [4.69, 9.17) is 14.2 Å². The van der Waals surface area contributed by atoms with Crippen LogP contribution in [0.4, 0.5) is 0 Å². The molecule has 39 heavy (non-hydrogen) atoms. The third-order valence-corrected chi connectivity index (χ3v) is 10.4. The molecule has 0 spiro atoms. The number of methoxy groups -OCH3 is 2. The number of hydrogen-bond acceptors (Lipinski definition) is 5. The lowest BCUT2D eigenvalue weighted by Crippen LogP contribution is -2.67. The summed E-state index contributed by atoms with van der Waals surface area (Å²) in [6.07, 6.45) is 0. The van der Waals surface area contributed by atoms with Gasteiger partial charge in [0, 0.05) is 34.8 Å². The molecule has 0 aromatic heterocycles. The standard InChI is InChI=1S/C34H24O5/c1-37-23-15-16-24(38-2)26-25(23)29-21-13-7-8-14-22(21)30(26)34-28-19-11-5-3-9-17(19)27(18-10-4-6-12-20(18)28)33(29,34)31(35)39-32(34)36/h3-16,27-30H,1-2H3/t27?,28?,29-,30+,33+,34-. The van der Waals surface area contributed by atoms with E-state index in [0.29, 0.717) is 11.5 Å². The monoisotopic (exact) mass is 512 g/mol. The molecule has 1 fully saturated rings. The number of carbonyl (C=O) groups is 2. The van der Waals surface area contributed by atoms with E-state index < -0.39 is 34.6 Å². The van der Waals surface area contributed by atoms with Crippen LogP contribution >= 0.6 is 0 Å². The Balaban J connectivity index is 1.55. The van der Waals surface area contributed by atoms with Gasteiger partial charge in [-0.1, -0.05) is 72.8 Å². The second kappa shape index (κ2) is 6.78. The summed E-state index contributed by atoms with van der Waals surface area (Å²) in [7, 11) is 3.33. The van der Waals surface area contributed by atoms with E-state index in [1.54, 1.807) is 14.2 Å². The smallest absolute Gasteiger partial charge is 0.322 e. The van der Waals surface area contributed by atoms with Crippen molar-refractivity contribution in [2.24, 2.45) is 10.8 Å². The van der Waals surface area contributed by atoms with Crippen LogP contribution < -0.4 is 9.47 Å². The van der Waals surface area contributed by atoms with Gasteiger partial charge in [-0.2, -0.15) is 0 Å². The summed E-state index contributed by atoms with van der Waals surface area (Å²) in [6, 6.07) is 28.8. The molecule has 0 amide bonds. The second-order valence-corrected chi connectivity index (χ2v) is 11.3. The number of rotatable bonds is 2. The molecule has 1 heterocycles. The van der Waals surface area contributed by atoms with Crippen molar-refractivity contribution in [3.63, 3.8) is 0 Å². The zero-order valence-corrected chi connectivity index (χ0v) is 21.4. The van der Waals surface area contributed by atoms with Crippen molar-refractivity contribution >= 4 is 11.9 Å². The summed E-state index contributed by atoms with van der Waals surface area (Å²) in [5, 5.41) is 0. The lowest BCUT2D eigenvalue weighted by atomic mass is 9.29. The minimum atomic E-state index is -1.16. The summed E-state index contributed by atoms with van der Waals surface area (Å²) >= 11 is 0. The van der Waals surface area contributed by atoms with Crippen LogP contribution in [-0.4, -0.2) is 26.2 Å². The predicted molar refractivity (Wildman–Crippen MR) is 142 cm³/mol. The molecular formula is C34H24O5. The van der Waals surface area contributed by atoms with E-state index in [2.05, 4.69) is 36.4 Å². The molecular weight excluding hydrogens is 488 g/mol. The molecule has 4 aromatic rings. The fraction of sp³-hybridized carbons (Fsp3) is 0.235. The SMILES string of the molecule is COc1ccc(OC)c2c1[C@H]1c3ccccc3[C@@H]2[C@]23C(=O)OC(=O)[C@]12C1c2ccccc2C3c2ccccc21. The van der Waals surface area contributed by atoms with Gasteiger partial charge in [-0.3, -0.25) is 9.59 Å². The van der Waals surface area contributed by atoms with Crippen molar-refractivity contribution in [1.29, 1.82) is 0 Å². The first-order valence-electron chi connectivity index (χ1n) is 13.4. The Kier molecular flexibility index (Phi) is 3.75. The fourth-order valence-corrected chi connectivity index (χ4v) is 9.58. The van der Waals surface area contributed by atoms with E-state index in [9.17, 15) is 9.59 Å². The number of esters is 2. The molecule has 1 aliphatic heterocycles. The molecule has 190 valence electrons. The molecule has 4 bridgehead atoms. The number of benzene rings is 4. The van der Waals surface area contributed by atoms with Crippen molar-refractivity contribution in [1.82, 2.24) is 0 Å². The van der Waals surface area contributed by atoms with Gasteiger partial charge in [0.25, 0.3) is 0 Å². The molecule has 0 N–H and O–H groups in total. The van der Waals surface area contributed by atoms with Crippen molar-refractivity contribution in [2.45, 2.75) is 23.7 Å². The third-order valence-electron chi connectivity index (χ3n) is 10.4. The average molecular weight is 513 g/mol. The van der Waals surface area contributed by atoms with Crippen molar-refractivity contribution in [2.75, 3.05) is 14.2 Å². The summed E-state index contributed by atoms with van der Waals surface area (Å²) < 4.78 is 17.9. The average Bonchev–Trinajstić information content (AvgIpc) is 3.24. The highest BCUT2D eigenvalue weighted by molar-refractivity contribution is 6.09. The normalized spacial score (nSPS) is 31.3. The molecule has 6 aliphatic carbocycles. The van der Waals surface area contributed by atoms with Crippen LogP contribution in [0, 0.1) is 10.8 Å². The number of cyclic esters (lactones) is 2. The van der Waals surface area contributed by atoms with E-state index in [0.717, 1.165) is 44.5 Å². The Morgan fingerprint density at radius 2 is 0.821 bits per heavy atom. The Morgan fingerprint density at radius 1 is 0.513 bits per heavy atom. The predicted octanol–water partition coefficient (Wildman–Crippen LogP) is 5.64. The lowest BCUT2D eigenvalue weighted by molar-refractivity contribution is -0.156. The largest absolute Gasteiger partial charge is 0.496 e. The van der Waals surface area contributed by atoms with Crippen molar-refractivity contribution in [3.8, 4) is 11.5 Å². The molecule has 0 radical (unpaired) electrons. The molecule has 0 unspecified atom stereocenters. The molecule has 0 saturated carbocycles. The van der Waals surface area contributed by atoms with Crippen LogP contribution in [0.5, 0.6) is 11.5 Å². The highest BCUT2D eigenvalue weighted by Gasteiger charge is 2.87. The van der Waals surface area contributed by atoms with Gasteiger partial charge in [0.1, 0.15) is 22.3 Å². The quantitative estimate of drug-likeness (QED) is 0.257. The van der Waals surface area contributed by atoms with E-state index >= 15 is 0 Å². The van der Waals surface area contributed by atoms with Crippen molar-refractivity contribution < 1.29 is 23.8 Å². The Hall–Kier alpha value is -4.38. The number of carbonyl (C=O) groups excluding carboxylic acids is 2. The van der Waals surface area contributed by atoms with Crippen LogP contribution in [0.1, 0.15) is 68.2 Å². The zero-order chi connectivity index (χ0) is 26.3. The van der Waals surface area contributed by atoms with Gasteiger partial charge in [0.2, 0.25) is 0 Å². The molecule has 5 nitrogen and oxygen atoms in total. The third kappa shape index (κ3) is 1.97. The van der Waals surface area contributed by atoms with Gasteiger partial charge in [-0.15, -0.1) is 0 Å². The van der Waals surface area contributed by atoms with Crippen LogP contribution in [-0.2, 0) is 14.3 Å². The maximum absolute atomic E-state index is 14.6. The van der Waals surface area contributed by atoms with Crippen LogP contribution in [0.2, 0.25) is 0 Å². The van der Waals surface area contributed by atoms with Gasteiger partial charge in [0.05, 0.1) is 14.2 Å². The highest BCUT2D eigenvalue weighted by Crippen LogP contribution is 2.86. The topological polar surface area (TPSA) is 61.8 Å². The van der Waals surface area contributed by atoms with Gasteiger partial charge < -0.3 is 14.2 Å². The second-order valence-electron chi connectivity index (χ2n) is 11.3. The van der Waals surface area contributed by atoms with Gasteiger partial charge in [-0.25, -0.2) is 0 Å². The number of ether oxygens (including phenoxy) is 3. The molecule has 7 aliphatic rings. The summed E-state index contributed by atoms with van der Waals surface area (Å²) in [5.74, 6) is -1.05. The van der Waals surface area contributed by atoms with Crippen molar-refractivity contribution in [3.05, 3.63) is 129 Å². The van der Waals surface area contributed by atoms with Crippen LogP contribution in [0.15, 0.2) is 84.9 Å². The molecule has 4 atom stereocenters. The first-order valence-corrected chi connectivity index (χ1v) is 13.4. The zero-order valence-electron chi connectivity index (χ0n) is 21.4. The Bertz CT molecular complexity index is 1630. The van der Waals surface area contributed by atoms with E-state index in [1.165, 1.54) is 0 Å². The lowest BCUT2D eigenvalue weighted by Gasteiger charge is -2.68. The Morgan fingerprint density at radius 3 is 1.13 bits per heavy atom. The Labute approximate surface area is 225 Å². The maximum atomic E-state index is 14.6. The van der Waals surface area contributed by atoms with Gasteiger partial charge >= 0.3 is 11.9 Å². The molecule has 1 saturated heterocycles. The minimum absolute atomic E-state index is 0.348. The minimum Gasteiger partial charge on any atom is -0.496 e. The summed E-state index contributed by atoms with van der Waals surface area (Å²) in [4.78, 5) is 29.3. The van der Waals surface area contributed by atoms with Gasteiger partial charge in [-0.05, 0) is 45.5 Å². The summed E-state index contributed by atoms with van der Waals surface area (Å²) in [5.41, 5.74) is 6.10. The van der Waals surface area contributed by atoms with E-state index in [1.807, 2.05) is 48.5 Å². The van der Waals surface area contributed by atoms with Crippen LogP contribution in [0.3, 0.4) is 0 Å². The maximum Gasteiger partial charge on any atom is 0.322 e. The molecule has 5 heteroatoms. The first kappa shape index (κ1) is 21.5. The first-order chi connectivity index (χ1) is 19.1. The van der Waals surface area contributed by atoms with E-state index in [-0.39, 0.29) is 11.8 Å². The molecule has 11 rings (SSSR count). The van der Waals surface area contributed by atoms with Gasteiger partial charge in [0.15, 0.2) is 0 Å². The highest BCUT2D eigenvalue weighted by atomic mass is 16.6. The summed E-state index contributed by atoms with van der Waals surface area (Å²) in [6.45, 7) is 0. The van der Waals surface area contributed by atoms with Crippen LogP contribution in [0.25, 0.3) is 0 Å². The number of hydrogen-bond donors (Lipinski definition) is 0. The molecule has 4 aromatic carbocycles. The fourth-order valence-electron chi connectivity index (χ4n) is 9.58.